The van der Waals surface area contributed by atoms with E-state index in [1.807, 2.05) is 19.9 Å². The highest BCUT2D eigenvalue weighted by atomic mass is 16.1. The summed E-state index contributed by atoms with van der Waals surface area (Å²) in [6, 6.07) is 1.82. The van der Waals surface area contributed by atoms with Gasteiger partial charge in [-0.25, -0.2) is 9.97 Å². The summed E-state index contributed by atoms with van der Waals surface area (Å²) < 4.78 is 0. The number of nitrogens with one attached hydrogen (secondary N) is 1. The molecular weight excluding hydrogens is 192 g/mol. The maximum absolute atomic E-state index is 11.0. The summed E-state index contributed by atoms with van der Waals surface area (Å²) in [7, 11) is 0. The molecule has 0 aliphatic rings. The minimum absolute atomic E-state index is 0.308. The number of primary amides is 1. The fourth-order valence-corrected chi connectivity index (χ4v) is 1.01. The summed E-state index contributed by atoms with van der Waals surface area (Å²) in [6.45, 7) is 4.76. The van der Waals surface area contributed by atoms with Gasteiger partial charge in [0.15, 0.2) is 0 Å². The molecule has 1 rings (SSSR count). The van der Waals surface area contributed by atoms with E-state index in [9.17, 15) is 4.79 Å². The van der Waals surface area contributed by atoms with Crippen molar-refractivity contribution in [2.75, 3.05) is 6.54 Å². The lowest BCUT2D eigenvalue weighted by Crippen LogP contribution is -2.40. The number of aromatic nitrogens is 2. The smallest absolute Gasteiger partial charge is 0.224 e. The molecule has 5 heteroatoms. The van der Waals surface area contributed by atoms with Crippen LogP contribution in [0.15, 0.2) is 18.6 Å². The highest BCUT2D eigenvalue weighted by Crippen LogP contribution is 2.11. The van der Waals surface area contributed by atoms with Gasteiger partial charge in [0.25, 0.3) is 0 Å². The third-order valence-electron chi connectivity index (χ3n) is 2.18. The largest absolute Gasteiger partial charge is 0.369 e. The molecule has 0 fully saturated rings. The molecule has 0 saturated heterocycles. The third-order valence-corrected chi connectivity index (χ3v) is 2.18. The number of rotatable bonds is 5. The Kier molecular flexibility index (Phi) is 3.74. The van der Waals surface area contributed by atoms with Crippen LogP contribution in [0.5, 0.6) is 0 Å². The first-order valence-corrected chi connectivity index (χ1v) is 4.78. The molecule has 0 aromatic carbocycles. The van der Waals surface area contributed by atoms with Crippen LogP contribution in [0.2, 0.25) is 0 Å². The molecule has 1 aromatic rings. The van der Waals surface area contributed by atoms with Gasteiger partial charge in [0.2, 0.25) is 5.91 Å². The summed E-state index contributed by atoms with van der Waals surface area (Å²) in [4.78, 5) is 18.9. The number of carbonyl (C=O) groups excluding carboxylic acids is 1. The molecule has 1 heterocycles. The molecule has 5 nitrogen and oxygen atoms in total. The van der Waals surface area contributed by atoms with E-state index in [2.05, 4.69) is 15.3 Å². The van der Waals surface area contributed by atoms with Gasteiger partial charge in [-0.1, -0.05) is 0 Å². The second-order valence-corrected chi connectivity index (χ2v) is 4.05. The zero-order valence-corrected chi connectivity index (χ0v) is 9.03. The first-order chi connectivity index (χ1) is 7.02. The van der Waals surface area contributed by atoms with Crippen LogP contribution in [0.4, 0.5) is 0 Å². The Hall–Kier alpha value is -1.49. The molecule has 0 unspecified atom stereocenters. The molecule has 0 saturated carbocycles. The average molecular weight is 208 g/mol. The molecule has 1 aromatic heterocycles. The van der Waals surface area contributed by atoms with Crippen molar-refractivity contribution in [3.8, 4) is 0 Å². The maximum Gasteiger partial charge on any atom is 0.224 e. The Morgan fingerprint density at radius 1 is 1.60 bits per heavy atom. The lowest BCUT2D eigenvalue weighted by Gasteiger charge is -2.20. The topological polar surface area (TPSA) is 80.9 Å². The minimum Gasteiger partial charge on any atom is -0.369 e. The van der Waals surface area contributed by atoms with E-state index in [4.69, 9.17) is 5.73 Å². The zero-order chi connectivity index (χ0) is 11.3. The van der Waals surface area contributed by atoms with Crippen molar-refractivity contribution in [3.63, 3.8) is 0 Å². The van der Waals surface area contributed by atoms with Gasteiger partial charge in [0.05, 0.1) is 11.1 Å². The molecule has 0 aliphatic carbocycles. The van der Waals surface area contributed by atoms with Crippen LogP contribution in [0.1, 0.15) is 19.5 Å². The fourth-order valence-electron chi connectivity index (χ4n) is 1.01. The number of amides is 1. The SMILES string of the molecule is CC(C)(CNCc1ccncn1)C(N)=O. The molecule has 0 spiro atoms. The predicted octanol–water partition coefficient (Wildman–Crippen LogP) is 0.0777. The average Bonchev–Trinajstić information content (AvgIpc) is 2.19. The number of nitrogens with two attached hydrogens (primary N) is 1. The van der Waals surface area contributed by atoms with Crippen molar-refractivity contribution in [3.05, 3.63) is 24.3 Å². The number of carbonyl (C=O) groups is 1. The van der Waals surface area contributed by atoms with E-state index in [1.54, 1.807) is 6.20 Å². The molecule has 15 heavy (non-hydrogen) atoms. The van der Waals surface area contributed by atoms with Gasteiger partial charge >= 0.3 is 0 Å². The second-order valence-electron chi connectivity index (χ2n) is 4.05. The first-order valence-electron chi connectivity index (χ1n) is 4.78. The van der Waals surface area contributed by atoms with E-state index in [-0.39, 0.29) is 5.91 Å². The molecular formula is C10H16N4O. The van der Waals surface area contributed by atoms with Crippen LogP contribution in [-0.2, 0) is 11.3 Å². The Morgan fingerprint density at radius 3 is 2.87 bits per heavy atom. The predicted molar refractivity (Wildman–Crippen MR) is 56.7 cm³/mol. The van der Waals surface area contributed by atoms with Crippen LogP contribution in [-0.4, -0.2) is 22.4 Å². The molecule has 0 radical (unpaired) electrons. The molecule has 0 aliphatic heterocycles. The Morgan fingerprint density at radius 2 is 2.33 bits per heavy atom. The summed E-state index contributed by atoms with van der Waals surface area (Å²) in [6.07, 6.45) is 3.18. The van der Waals surface area contributed by atoms with Gasteiger partial charge in [-0.3, -0.25) is 4.79 Å². The van der Waals surface area contributed by atoms with Crippen LogP contribution in [0, 0.1) is 5.41 Å². The number of hydrogen-bond donors (Lipinski definition) is 2. The number of nitrogens with zero attached hydrogens (tertiary/aromatic N) is 2. The van der Waals surface area contributed by atoms with E-state index in [1.165, 1.54) is 6.33 Å². The van der Waals surface area contributed by atoms with Crippen LogP contribution in [0.25, 0.3) is 0 Å². The number of hydrogen-bond acceptors (Lipinski definition) is 4. The lowest BCUT2D eigenvalue weighted by molar-refractivity contribution is -0.125. The summed E-state index contributed by atoms with van der Waals surface area (Å²) in [5, 5.41) is 3.13. The van der Waals surface area contributed by atoms with Gasteiger partial charge in [-0.15, -0.1) is 0 Å². The normalized spacial score (nSPS) is 11.3. The maximum atomic E-state index is 11.0. The summed E-state index contributed by atoms with van der Waals surface area (Å²) in [5.41, 5.74) is 5.60. The lowest BCUT2D eigenvalue weighted by atomic mass is 9.93. The van der Waals surface area contributed by atoms with Gasteiger partial charge in [0.1, 0.15) is 6.33 Å². The van der Waals surface area contributed by atoms with E-state index in [0.717, 1.165) is 5.69 Å². The van der Waals surface area contributed by atoms with E-state index in [0.29, 0.717) is 13.1 Å². The minimum atomic E-state index is -0.535. The van der Waals surface area contributed by atoms with Crippen LogP contribution in [0.3, 0.4) is 0 Å². The monoisotopic (exact) mass is 208 g/mol. The Balaban J connectivity index is 2.37. The van der Waals surface area contributed by atoms with E-state index >= 15 is 0 Å². The summed E-state index contributed by atoms with van der Waals surface area (Å²) in [5.74, 6) is -0.308. The molecule has 0 bridgehead atoms. The van der Waals surface area contributed by atoms with Gasteiger partial charge in [-0.2, -0.15) is 0 Å². The fraction of sp³-hybridized carbons (Fsp3) is 0.500. The molecule has 82 valence electrons. The molecule has 3 N–H and O–H groups in total. The van der Waals surface area contributed by atoms with Crippen LogP contribution < -0.4 is 11.1 Å². The van der Waals surface area contributed by atoms with E-state index < -0.39 is 5.41 Å². The zero-order valence-electron chi connectivity index (χ0n) is 9.03. The van der Waals surface area contributed by atoms with Gasteiger partial charge < -0.3 is 11.1 Å². The molecule has 0 atom stereocenters. The quantitative estimate of drug-likeness (QED) is 0.718. The standard InChI is InChI=1S/C10H16N4O/c1-10(2,9(11)15)6-13-5-8-3-4-12-7-14-8/h3-4,7,13H,5-6H2,1-2H3,(H2,11,15). The first kappa shape index (κ1) is 11.6. The van der Waals surface area contributed by atoms with Crippen molar-refractivity contribution in [2.24, 2.45) is 11.1 Å². The Bertz CT molecular complexity index is 323. The van der Waals surface area contributed by atoms with Crippen molar-refractivity contribution in [1.29, 1.82) is 0 Å². The summed E-state index contributed by atoms with van der Waals surface area (Å²) >= 11 is 0. The second kappa shape index (κ2) is 4.84. The molecule has 1 amide bonds. The van der Waals surface area contributed by atoms with Crippen molar-refractivity contribution < 1.29 is 4.79 Å². The highest BCUT2D eigenvalue weighted by Gasteiger charge is 2.23. The Labute approximate surface area is 89.1 Å². The van der Waals surface area contributed by atoms with Gasteiger partial charge in [-0.05, 0) is 19.9 Å². The van der Waals surface area contributed by atoms with Crippen molar-refractivity contribution >= 4 is 5.91 Å². The van der Waals surface area contributed by atoms with Crippen molar-refractivity contribution in [1.82, 2.24) is 15.3 Å². The van der Waals surface area contributed by atoms with Crippen LogP contribution >= 0.6 is 0 Å². The van der Waals surface area contributed by atoms with Gasteiger partial charge in [0, 0.05) is 19.3 Å². The van der Waals surface area contributed by atoms with Crippen molar-refractivity contribution in [2.45, 2.75) is 20.4 Å². The highest BCUT2D eigenvalue weighted by molar-refractivity contribution is 5.80. The third kappa shape index (κ3) is 3.63.